The number of aromatic amines is 1. The molecule has 3 aromatic rings. The van der Waals surface area contributed by atoms with Gasteiger partial charge < -0.3 is 4.90 Å². The highest BCUT2D eigenvalue weighted by atomic mass is 19.1. The molecule has 0 fully saturated rings. The van der Waals surface area contributed by atoms with Gasteiger partial charge in [-0.05, 0) is 30.3 Å². The number of rotatable bonds is 3. The maximum Gasteiger partial charge on any atom is 0.323 e. The summed E-state index contributed by atoms with van der Waals surface area (Å²) in [6, 6.07) is 7.76. The van der Waals surface area contributed by atoms with Crippen LogP contribution in [0.15, 0.2) is 42.6 Å². The van der Waals surface area contributed by atoms with Crippen molar-refractivity contribution in [1.29, 1.82) is 0 Å². The van der Waals surface area contributed by atoms with Crippen molar-refractivity contribution in [2.45, 2.75) is 13.1 Å². The van der Waals surface area contributed by atoms with E-state index in [1.54, 1.807) is 6.20 Å². The molecule has 0 atom stereocenters. The molecule has 10 heteroatoms. The first-order valence-corrected chi connectivity index (χ1v) is 7.99. The Hall–Kier alpha value is -3.82. The van der Waals surface area contributed by atoms with Crippen LogP contribution >= 0.6 is 0 Å². The fourth-order valence-corrected chi connectivity index (χ4v) is 2.86. The van der Waals surface area contributed by atoms with Gasteiger partial charge in [0.15, 0.2) is 0 Å². The topological polar surface area (TPSA) is 117 Å². The minimum absolute atomic E-state index is 0.166. The van der Waals surface area contributed by atoms with E-state index in [0.29, 0.717) is 24.3 Å². The number of benzene rings is 1. The molecular formula is C17H13FN6O3. The Labute approximate surface area is 152 Å². The molecule has 0 saturated carbocycles. The van der Waals surface area contributed by atoms with Crippen molar-refractivity contribution in [2.75, 3.05) is 5.32 Å². The maximum absolute atomic E-state index is 13.1. The second kappa shape index (κ2) is 6.48. The molecule has 1 aliphatic heterocycles. The third kappa shape index (κ3) is 3.19. The molecule has 2 N–H and O–H groups in total. The van der Waals surface area contributed by atoms with Gasteiger partial charge in [-0.2, -0.15) is 5.10 Å². The van der Waals surface area contributed by atoms with Crippen LogP contribution in [0, 0.1) is 15.9 Å². The fourth-order valence-electron chi connectivity index (χ4n) is 2.86. The molecule has 2 amide bonds. The number of H-pyrrole nitrogens is 1. The number of aromatic nitrogens is 3. The normalized spacial score (nSPS) is 12.7. The zero-order valence-corrected chi connectivity index (χ0v) is 13.8. The molecule has 136 valence electrons. The number of anilines is 1. The molecule has 0 saturated heterocycles. The third-order valence-corrected chi connectivity index (χ3v) is 4.24. The van der Waals surface area contributed by atoms with Crippen LogP contribution in [0.2, 0.25) is 0 Å². The van der Waals surface area contributed by atoms with Crippen LogP contribution in [-0.4, -0.2) is 31.0 Å². The summed E-state index contributed by atoms with van der Waals surface area (Å²) in [6.07, 6.45) is 1.64. The fraction of sp³-hybridized carbons (Fsp3) is 0.118. The van der Waals surface area contributed by atoms with Gasteiger partial charge in [0.1, 0.15) is 5.82 Å². The Morgan fingerprint density at radius 2 is 2.00 bits per heavy atom. The molecule has 27 heavy (non-hydrogen) atoms. The first kappa shape index (κ1) is 16.6. The number of carbonyl (C=O) groups is 1. The summed E-state index contributed by atoms with van der Waals surface area (Å²) >= 11 is 0. The molecule has 1 aromatic carbocycles. The molecule has 4 rings (SSSR count). The van der Waals surface area contributed by atoms with Gasteiger partial charge in [0.2, 0.25) is 5.82 Å². The van der Waals surface area contributed by atoms with Crippen molar-refractivity contribution >= 4 is 17.5 Å². The van der Waals surface area contributed by atoms with Crippen LogP contribution in [0.4, 0.5) is 20.7 Å². The standard InChI is InChI=1S/C17H13FN6O3/c18-12-3-1-10(2-4-12)13-5-6-15(24(26)27)16(20-13)21-17(25)23-8-11-7-19-22-14(11)9-23/h1-7H,8-9H2,(H,19,22)(H,20,21,25). The number of carbonyl (C=O) groups excluding carboxylic acids is 1. The summed E-state index contributed by atoms with van der Waals surface area (Å²) < 4.78 is 13.1. The average Bonchev–Trinajstić information content (AvgIpc) is 3.24. The first-order valence-electron chi connectivity index (χ1n) is 7.99. The van der Waals surface area contributed by atoms with Crippen molar-refractivity contribution in [3.63, 3.8) is 0 Å². The monoisotopic (exact) mass is 368 g/mol. The van der Waals surface area contributed by atoms with E-state index in [0.717, 1.165) is 11.3 Å². The Morgan fingerprint density at radius 3 is 2.70 bits per heavy atom. The van der Waals surface area contributed by atoms with E-state index >= 15 is 0 Å². The van der Waals surface area contributed by atoms with E-state index in [9.17, 15) is 19.3 Å². The van der Waals surface area contributed by atoms with E-state index in [1.165, 1.54) is 41.3 Å². The molecule has 0 unspecified atom stereocenters. The van der Waals surface area contributed by atoms with Crippen molar-refractivity contribution in [2.24, 2.45) is 0 Å². The number of nitro groups is 1. The van der Waals surface area contributed by atoms with Crippen LogP contribution in [0.3, 0.4) is 0 Å². The number of fused-ring (bicyclic) bond motifs is 1. The minimum Gasteiger partial charge on any atom is -0.314 e. The lowest BCUT2D eigenvalue weighted by molar-refractivity contribution is -0.384. The maximum atomic E-state index is 13.1. The average molecular weight is 368 g/mol. The van der Waals surface area contributed by atoms with Crippen LogP contribution in [-0.2, 0) is 13.1 Å². The highest BCUT2D eigenvalue weighted by molar-refractivity contribution is 5.91. The summed E-state index contributed by atoms with van der Waals surface area (Å²) in [5, 5.41) is 20.5. The van der Waals surface area contributed by atoms with Crippen LogP contribution in [0.25, 0.3) is 11.3 Å². The van der Waals surface area contributed by atoms with Crippen molar-refractivity contribution < 1.29 is 14.1 Å². The molecule has 0 radical (unpaired) electrons. The van der Waals surface area contributed by atoms with Gasteiger partial charge in [-0.15, -0.1) is 0 Å². The summed E-state index contributed by atoms with van der Waals surface area (Å²) in [5.41, 5.74) is 2.35. The SMILES string of the molecule is O=C(Nc1nc(-c2ccc(F)cc2)ccc1[N+](=O)[O-])N1Cc2cn[nH]c2C1. The highest BCUT2D eigenvalue weighted by Crippen LogP contribution is 2.28. The second-order valence-corrected chi connectivity index (χ2v) is 5.99. The van der Waals surface area contributed by atoms with Gasteiger partial charge in [0.25, 0.3) is 0 Å². The molecular weight excluding hydrogens is 355 g/mol. The number of urea groups is 1. The number of nitrogens with one attached hydrogen (secondary N) is 2. The Morgan fingerprint density at radius 1 is 1.22 bits per heavy atom. The van der Waals surface area contributed by atoms with Gasteiger partial charge in [-0.25, -0.2) is 14.2 Å². The quantitative estimate of drug-likeness (QED) is 0.544. The van der Waals surface area contributed by atoms with Gasteiger partial charge in [0.05, 0.1) is 35.6 Å². The van der Waals surface area contributed by atoms with Gasteiger partial charge in [0, 0.05) is 17.2 Å². The lowest BCUT2D eigenvalue weighted by atomic mass is 10.1. The van der Waals surface area contributed by atoms with E-state index in [2.05, 4.69) is 20.5 Å². The Balaban J connectivity index is 1.61. The predicted molar refractivity (Wildman–Crippen MR) is 93.1 cm³/mol. The predicted octanol–water partition coefficient (Wildman–Crippen LogP) is 3.07. The van der Waals surface area contributed by atoms with Crippen LogP contribution in [0.1, 0.15) is 11.3 Å². The lowest BCUT2D eigenvalue weighted by Gasteiger charge is -2.16. The zero-order valence-electron chi connectivity index (χ0n) is 13.8. The van der Waals surface area contributed by atoms with Gasteiger partial charge in [-0.3, -0.25) is 20.5 Å². The molecule has 0 bridgehead atoms. The van der Waals surface area contributed by atoms with Crippen LogP contribution < -0.4 is 5.32 Å². The second-order valence-electron chi connectivity index (χ2n) is 5.99. The van der Waals surface area contributed by atoms with Crippen molar-refractivity contribution in [3.05, 3.63) is 69.8 Å². The zero-order chi connectivity index (χ0) is 19.0. The molecule has 2 aromatic heterocycles. The van der Waals surface area contributed by atoms with Crippen molar-refractivity contribution in [1.82, 2.24) is 20.1 Å². The lowest BCUT2D eigenvalue weighted by Crippen LogP contribution is -2.31. The largest absolute Gasteiger partial charge is 0.323 e. The molecule has 9 nitrogen and oxygen atoms in total. The first-order chi connectivity index (χ1) is 13.0. The summed E-state index contributed by atoms with van der Waals surface area (Å²) in [4.78, 5) is 28.9. The summed E-state index contributed by atoms with van der Waals surface area (Å²) in [5.74, 6) is -0.568. The molecule has 0 spiro atoms. The van der Waals surface area contributed by atoms with Gasteiger partial charge in [-0.1, -0.05) is 0 Å². The van der Waals surface area contributed by atoms with E-state index < -0.39 is 16.8 Å². The Kier molecular flexibility index (Phi) is 3.99. The van der Waals surface area contributed by atoms with E-state index in [4.69, 9.17) is 0 Å². The number of halogens is 1. The minimum atomic E-state index is -0.618. The van der Waals surface area contributed by atoms with Crippen molar-refractivity contribution in [3.8, 4) is 11.3 Å². The molecule has 3 heterocycles. The number of hydrogen-bond donors (Lipinski definition) is 2. The van der Waals surface area contributed by atoms with Gasteiger partial charge >= 0.3 is 11.7 Å². The number of amides is 2. The third-order valence-electron chi connectivity index (χ3n) is 4.24. The smallest absolute Gasteiger partial charge is 0.314 e. The number of nitrogens with zero attached hydrogens (tertiary/aromatic N) is 4. The number of pyridine rings is 1. The summed E-state index contributed by atoms with van der Waals surface area (Å²) in [7, 11) is 0. The number of hydrogen-bond acceptors (Lipinski definition) is 5. The van der Waals surface area contributed by atoms with E-state index in [-0.39, 0.29) is 11.5 Å². The van der Waals surface area contributed by atoms with Crippen LogP contribution in [0.5, 0.6) is 0 Å². The van der Waals surface area contributed by atoms with E-state index in [1.807, 2.05) is 0 Å². The molecule has 0 aliphatic carbocycles. The molecule has 1 aliphatic rings. The Bertz CT molecular complexity index is 1010. The summed E-state index contributed by atoms with van der Waals surface area (Å²) in [6.45, 7) is 0.676. The highest BCUT2D eigenvalue weighted by Gasteiger charge is 2.27.